The van der Waals surface area contributed by atoms with Gasteiger partial charge in [0.2, 0.25) is 0 Å². The highest BCUT2D eigenvalue weighted by molar-refractivity contribution is 5.97. The summed E-state index contributed by atoms with van der Waals surface area (Å²) >= 11 is 0. The summed E-state index contributed by atoms with van der Waals surface area (Å²) < 4.78 is 10.2. The first-order valence-electron chi connectivity index (χ1n) is 4.93. The lowest BCUT2D eigenvalue weighted by atomic mass is 10.1. The van der Waals surface area contributed by atoms with E-state index in [2.05, 4.69) is 0 Å². The van der Waals surface area contributed by atoms with Gasteiger partial charge in [0.1, 0.15) is 22.7 Å². The molecule has 0 saturated heterocycles. The third-order valence-corrected chi connectivity index (χ3v) is 2.23. The molecule has 1 heterocycles. The van der Waals surface area contributed by atoms with Gasteiger partial charge in [-0.15, -0.1) is 0 Å². The normalized spacial score (nSPS) is 10.5. The Labute approximate surface area is 96.6 Å². The predicted molar refractivity (Wildman–Crippen MR) is 59.2 cm³/mol. The van der Waals surface area contributed by atoms with Crippen LogP contribution in [0, 0.1) is 6.92 Å². The Hall–Kier alpha value is -2.30. The second-order valence-electron chi connectivity index (χ2n) is 3.64. The van der Waals surface area contributed by atoms with Gasteiger partial charge in [-0.25, -0.2) is 4.79 Å². The summed E-state index contributed by atoms with van der Waals surface area (Å²) in [5.74, 6) is -1.04. The minimum atomic E-state index is -1.17. The van der Waals surface area contributed by atoms with Crippen molar-refractivity contribution < 1.29 is 23.8 Å². The van der Waals surface area contributed by atoms with Gasteiger partial charge >= 0.3 is 11.9 Å². The summed E-state index contributed by atoms with van der Waals surface area (Å²) in [7, 11) is 0. The van der Waals surface area contributed by atoms with E-state index >= 15 is 0 Å². The molecule has 0 aliphatic heterocycles. The maximum absolute atomic E-state index is 11.0. The molecule has 88 valence electrons. The lowest BCUT2D eigenvalue weighted by Gasteiger charge is -2.05. The molecule has 17 heavy (non-hydrogen) atoms. The van der Waals surface area contributed by atoms with Crippen LogP contribution in [-0.4, -0.2) is 17.0 Å². The van der Waals surface area contributed by atoms with Crippen LogP contribution in [0.15, 0.2) is 22.6 Å². The zero-order valence-corrected chi connectivity index (χ0v) is 9.31. The second kappa shape index (κ2) is 3.93. The van der Waals surface area contributed by atoms with E-state index in [1.807, 2.05) is 0 Å². The SMILES string of the molecule is CC(=O)Oc1cc2cc(C)oc2cc1C(=O)O. The van der Waals surface area contributed by atoms with Crippen LogP contribution < -0.4 is 4.74 Å². The van der Waals surface area contributed by atoms with Gasteiger partial charge in [0, 0.05) is 12.3 Å². The maximum atomic E-state index is 11.0. The zero-order chi connectivity index (χ0) is 12.6. The highest BCUT2D eigenvalue weighted by Crippen LogP contribution is 2.28. The van der Waals surface area contributed by atoms with E-state index < -0.39 is 11.9 Å². The summed E-state index contributed by atoms with van der Waals surface area (Å²) in [5.41, 5.74) is 0.359. The lowest BCUT2D eigenvalue weighted by molar-refractivity contribution is -0.131. The summed E-state index contributed by atoms with van der Waals surface area (Å²) in [5, 5.41) is 9.71. The van der Waals surface area contributed by atoms with E-state index in [0.717, 1.165) is 0 Å². The number of carboxylic acids is 1. The molecule has 1 N–H and O–H groups in total. The molecule has 0 unspecified atom stereocenters. The van der Waals surface area contributed by atoms with E-state index in [0.29, 0.717) is 16.7 Å². The van der Waals surface area contributed by atoms with E-state index in [-0.39, 0.29) is 11.3 Å². The fourth-order valence-corrected chi connectivity index (χ4v) is 1.61. The number of carbonyl (C=O) groups is 2. The summed E-state index contributed by atoms with van der Waals surface area (Å²) in [6.07, 6.45) is 0. The standard InChI is InChI=1S/C12H10O5/c1-6-3-8-4-11(17-7(2)13)9(12(14)15)5-10(8)16-6/h3-5H,1-2H3,(H,14,15). The Bertz CT molecular complexity index is 609. The first-order valence-corrected chi connectivity index (χ1v) is 4.93. The molecule has 5 heteroatoms. The fraction of sp³-hybridized carbons (Fsp3) is 0.167. The Morgan fingerprint density at radius 3 is 2.59 bits per heavy atom. The van der Waals surface area contributed by atoms with Crippen molar-refractivity contribution in [2.75, 3.05) is 0 Å². The molecule has 0 aliphatic carbocycles. The van der Waals surface area contributed by atoms with E-state index in [1.165, 1.54) is 19.1 Å². The molecular formula is C12H10O5. The van der Waals surface area contributed by atoms with Gasteiger partial charge < -0.3 is 14.3 Å². The average Bonchev–Trinajstić information content (AvgIpc) is 2.54. The van der Waals surface area contributed by atoms with Crippen LogP contribution in [-0.2, 0) is 4.79 Å². The molecule has 5 nitrogen and oxygen atoms in total. The molecule has 0 saturated carbocycles. The van der Waals surface area contributed by atoms with Crippen molar-refractivity contribution in [3.63, 3.8) is 0 Å². The molecule has 2 aromatic rings. The van der Waals surface area contributed by atoms with Gasteiger partial charge in [-0.1, -0.05) is 0 Å². The van der Waals surface area contributed by atoms with Crippen molar-refractivity contribution in [1.82, 2.24) is 0 Å². The molecule has 0 amide bonds. The van der Waals surface area contributed by atoms with Crippen LogP contribution in [0.5, 0.6) is 5.75 Å². The Morgan fingerprint density at radius 2 is 2.00 bits per heavy atom. The minimum Gasteiger partial charge on any atom is -0.478 e. The number of hydrogen-bond donors (Lipinski definition) is 1. The molecule has 0 spiro atoms. The van der Waals surface area contributed by atoms with Gasteiger partial charge in [0.25, 0.3) is 0 Å². The molecule has 0 aliphatic rings. The number of rotatable bonds is 2. The molecule has 1 aromatic heterocycles. The van der Waals surface area contributed by atoms with Crippen LogP contribution >= 0.6 is 0 Å². The van der Waals surface area contributed by atoms with Crippen LogP contribution in [0.2, 0.25) is 0 Å². The number of furan rings is 1. The number of aryl methyl sites for hydroxylation is 1. The van der Waals surface area contributed by atoms with E-state index in [4.69, 9.17) is 14.3 Å². The van der Waals surface area contributed by atoms with Gasteiger partial charge in [0.05, 0.1) is 0 Å². The number of esters is 1. The van der Waals surface area contributed by atoms with Crippen LogP contribution in [0.4, 0.5) is 0 Å². The lowest BCUT2D eigenvalue weighted by Crippen LogP contribution is -2.07. The van der Waals surface area contributed by atoms with Crippen molar-refractivity contribution in [1.29, 1.82) is 0 Å². The second-order valence-corrected chi connectivity index (χ2v) is 3.64. The molecule has 2 rings (SSSR count). The zero-order valence-electron chi connectivity index (χ0n) is 9.31. The number of aromatic carboxylic acids is 1. The molecular weight excluding hydrogens is 224 g/mol. The van der Waals surface area contributed by atoms with Crippen molar-refractivity contribution >= 4 is 22.9 Å². The molecule has 0 bridgehead atoms. The predicted octanol–water partition coefficient (Wildman–Crippen LogP) is 2.36. The number of benzene rings is 1. The number of carboxylic acid groups (broad SMARTS) is 1. The number of ether oxygens (including phenoxy) is 1. The third kappa shape index (κ3) is 2.13. The molecule has 0 radical (unpaired) electrons. The van der Waals surface area contributed by atoms with Gasteiger partial charge in [-0.2, -0.15) is 0 Å². The average molecular weight is 234 g/mol. The topological polar surface area (TPSA) is 76.7 Å². The first kappa shape index (κ1) is 11.2. The fourth-order valence-electron chi connectivity index (χ4n) is 1.61. The van der Waals surface area contributed by atoms with Crippen molar-refractivity contribution in [3.05, 3.63) is 29.5 Å². The molecule has 1 aromatic carbocycles. The van der Waals surface area contributed by atoms with Gasteiger partial charge in [-0.3, -0.25) is 4.79 Å². The summed E-state index contributed by atoms with van der Waals surface area (Å²) in [6.45, 7) is 2.97. The number of fused-ring (bicyclic) bond motifs is 1. The third-order valence-electron chi connectivity index (χ3n) is 2.23. The van der Waals surface area contributed by atoms with Crippen LogP contribution in [0.3, 0.4) is 0 Å². The van der Waals surface area contributed by atoms with Crippen molar-refractivity contribution in [2.45, 2.75) is 13.8 Å². The van der Waals surface area contributed by atoms with Gasteiger partial charge in [-0.05, 0) is 25.1 Å². The Balaban J connectivity index is 2.65. The molecule has 0 fully saturated rings. The quantitative estimate of drug-likeness (QED) is 0.637. The smallest absolute Gasteiger partial charge is 0.339 e. The Kier molecular flexibility index (Phi) is 2.59. The van der Waals surface area contributed by atoms with E-state index in [9.17, 15) is 9.59 Å². The summed E-state index contributed by atoms with van der Waals surface area (Å²) in [6, 6.07) is 4.58. The van der Waals surface area contributed by atoms with Gasteiger partial charge in [0.15, 0.2) is 0 Å². The number of carbonyl (C=O) groups excluding carboxylic acids is 1. The van der Waals surface area contributed by atoms with Crippen LogP contribution in [0.1, 0.15) is 23.0 Å². The van der Waals surface area contributed by atoms with Crippen molar-refractivity contribution in [3.8, 4) is 5.75 Å². The Morgan fingerprint density at radius 1 is 1.29 bits per heavy atom. The maximum Gasteiger partial charge on any atom is 0.339 e. The number of hydrogen-bond acceptors (Lipinski definition) is 4. The first-order chi connectivity index (χ1) is 7.97. The van der Waals surface area contributed by atoms with Crippen molar-refractivity contribution in [2.24, 2.45) is 0 Å². The summed E-state index contributed by atoms with van der Waals surface area (Å²) in [4.78, 5) is 21.9. The largest absolute Gasteiger partial charge is 0.478 e. The molecule has 0 atom stereocenters. The van der Waals surface area contributed by atoms with Crippen LogP contribution in [0.25, 0.3) is 11.0 Å². The minimum absolute atomic E-state index is 0.0262. The monoisotopic (exact) mass is 234 g/mol. The highest BCUT2D eigenvalue weighted by Gasteiger charge is 2.16. The highest BCUT2D eigenvalue weighted by atomic mass is 16.5. The van der Waals surface area contributed by atoms with E-state index in [1.54, 1.807) is 13.0 Å².